The molecule has 0 saturated heterocycles. The SMILES string of the molecule is CC1CC(C)(C)CC(O)(c2cncc(OC(C)C)c2)C1. The Morgan fingerprint density at radius 2 is 2.00 bits per heavy atom. The number of aliphatic hydroxyl groups is 1. The van der Waals surface area contributed by atoms with Gasteiger partial charge in [0.2, 0.25) is 0 Å². The molecule has 1 aliphatic rings. The third kappa shape index (κ3) is 3.51. The van der Waals surface area contributed by atoms with E-state index in [2.05, 4.69) is 25.8 Å². The van der Waals surface area contributed by atoms with Crippen molar-refractivity contribution in [3.63, 3.8) is 0 Å². The Morgan fingerprint density at radius 3 is 2.60 bits per heavy atom. The van der Waals surface area contributed by atoms with Gasteiger partial charge in [-0.25, -0.2) is 0 Å². The number of nitrogens with zero attached hydrogens (tertiary/aromatic N) is 1. The van der Waals surface area contributed by atoms with Gasteiger partial charge in [0.25, 0.3) is 0 Å². The van der Waals surface area contributed by atoms with E-state index in [1.807, 2.05) is 19.9 Å². The molecule has 0 aliphatic heterocycles. The highest BCUT2D eigenvalue weighted by Crippen LogP contribution is 2.48. The van der Waals surface area contributed by atoms with Crippen LogP contribution in [0.1, 0.15) is 59.4 Å². The molecular weight excluding hydrogens is 250 g/mol. The molecule has 2 unspecified atom stereocenters. The summed E-state index contributed by atoms with van der Waals surface area (Å²) < 4.78 is 5.70. The fourth-order valence-corrected chi connectivity index (χ4v) is 3.76. The number of ether oxygens (including phenoxy) is 1. The molecule has 1 aliphatic carbocycles. The quantitative estimate of drug-likeness (QED) is 0.911. The van der Waals surface area contributed by atoms with Crippen molar-refractivity contribution < 1.29 is 9.84 Å². The molecule has 1 saturated carbocycles. The molecule has 0 bridgehead atoms. The van der Waals surface area contributed by atoms with E-state index in [9.17, 15) is 5.11 Å². The topological polar surface area (TPSA) is 42.4 Å². The maximum Gasteiger partial charge on any atom is 0.138 e. The first kappa shape index (κ1) is 15.3. The molecule has 1 heterocycles. The molecule has 3 heteroatoms. The summed E-state index contributed by atoms with van der Waals surface area (Å²) >= 11 is 0. The summed E-state index contributed by atoms with van der Waals surface area (Å²) in [5.74, 6) is 1.25. The predicted molar refractivity (Wildman–Crippen MR) is 80.7 cm³/mol. The molecule has 1 aromatic heterocycles. The van der Waals surface area contributed by atoms with Gasteiger partial charge >= 0.3 is 0 Å². The van der Waals surface area contributed by atoms with Crippen LogP contribution < -0.4 is 4.74 Å². The normalized spacial score (nSPS) is 29.4. The summed E-state index contributed by atoms with van der Waals surface area (Å²) in [6.07, 6.45) is 6.33. The number of rotatable bonds is 3. The Balaban J connectivity index is 2.29. The van der Waals surface area contributed by atoms with Gasteiger partial charge < -0.3 is 9.84 Å². The molecule has 0 spiro atoms. The third-order valence-corrected chi connectivity index (χ3v) is 3.98. The Bertz CT molecular complexity index is 470. The standard InChI is InChI=1S/C17H27NO2/c1-12(2)20-15-6-14(9-18-10-15)17(19)8-13(3)7-16(4,5)11-17/h6,9-10,12-13,19H,7-8,11H2,1-5H3. The Morgan fingerprint density at radius 1 is 1.30 bits per heavy atom. The summed E-state index contributed by atoms with van der Waals surface area (Å²) in [7, 11) is 0. The fourth-order valence-electron chi connectivity index (χ4n) is 3.76. The summed E-state index contributed by atoms with van der Waals surface area (Å²) in [5.41, 5.74) is 0.251. The van der Waals surface area contributed by atoms with Gasteiger partial charge in [0, 0.05) is 11.8 Å². The van der Waals surface area contributed by atoms with Gasteiger partial charge in [-0.05, 0) is 50.5 Å². The van der Waals surface area contributed by atoms with Gasteiger partial charge in [0.05, 0.1) is 17.9 Å². The minimum absolute atomic E-state index is 0.114. The average molecular weight is 277 g/mol. The Hall–Kier alpha value is -1.09. The fraction of sp³-hybridized carbons (Fsp3) is 0.706. The molecule has 20 heavy (non-hydrogen) atoms. The smallest absolute Gasteiger partial charge is 0.138 e. The first-order valence-electron chi connectivity index (χ1n) is 7.55. The van der Waals surface area contributed by atoms with Gasteiger partial charge in [-0.3, -0.25) is 4.98 Å². The number of aromatic nitrogens is 1. The first-order valence-corrected chi connectivity index (χ1v) is 7.55. The van der Waals surface area contributed by atoms with Crippen molar-refractivity contribution in [1.82, 2.24) is 4.98 Å². The number of hydrogen-bond acceptors (Lipinski definition) is 3. The van der Waals surface area contributed by atoms with Crippen molar-refractivity contribution >= 4 is 0 Å². The molecule has 1 fully saturated rings. The molecular formula is C17H27NO2. The summed E-state index contributed by atoms with van der Waals surface area (Å²) in [4.78, 5) is 4.25. The molecule has 1 N–H and O–H groups in total. The van der Waals surface area contributed by atoms with E-state index in [1.165, 1.54) is 0 Å². The van der Waals surface area contributed by atoms with Crippen molar-refractivity contribution in [2.45, 2.75) is 65.6 Å². The Labute approximate surface area is 122 Å². The van der Waals surface area contributed by atoms with Crippen LogP contribution in [0.15, 0.2) is 18.5 Å². The van der Waals surface area contributed by atoms with Crippen molar-refractivity contribution in [3.05, 3.63) is 24.0 Å². The van der Waals surface area contributed by atoms with Crippen molar-refractivity contribution in [1.29, 1.82) is 0 Å². The molecule has 3 nitrogen and oxygen atoms in total. The van der Waals surface area contributed by atoms with Crippen LogP contribution in [-0.2, 0) is 5.60 Å². The number of pyridine rings is 1. The Kier molecular flexibility index (Phi) is 4.10. The second-order valence-corrected chi connectivity index (χ2v) is 7.46. The average Bonchev–Trinajstić information content (AvgIpc) is 2.24. The highest BCUT2D eigenvalue weighted by molar-refractivity contribution is 5.29. The highest BCUT2D eigenvalue weighted by Gasteiger charge is 2.42. The van der Waals surface area contributed by atoms with Crippen LogP contribution in [0.4, 0.5) is 0 Å². The minimum Gasteiger partial charge on any atom is -0.489 e. The minimum atomic E-state index is -0.787. The second-order valence-electron chi connectivity index (χ2n) is 7.46. The maximum atomic E-state index is 11.1. The predicted octanol–water partition coefficient (Wildman–Crippen LogP) is 3.90. The molecule has 1 aromatic rings. The van der Waals surface area contributed by atoms with Gasteiger partial charge in [-0.2, -0.15) is 0 Å². The van der Waals surface area contributed by atoms with Crippen LogP contribution >= 0.6 is 0 Å². The van der Waals surface area contributed by atoms with Crippen molar-refractivity contribution in [2.24, 2.45) is 11.3 Å². The molecule has 112 valence electrons. The lowest BCUT2D eigenvalue weighted by Crippen LogP contribution is -2.40. The lowest BCUT2D eigenvalue weighted by atomic mass is 9.64. The van der Waals surface area contributed by atoms with Gasteiger partial charge in [-0.1, -0.05) is 20.8 Å². The second kappa shape index (κ2) is 5.36. The molecule has 0 radical (unpaired) electrons. The van der Waals surface area contributed by atoms with E-state index in [-0.39, 0.29) is 11.5 Å². The van der Waals surface area contributed by atoms with Gasteiger partial charge in [-0.15, -0.1) is 0 Å². The molecule has 2 rings (SSSR count). The summed E-state index contributed by atoms with van der Waals surface area (Å²) in [6.45, 7) is 10.7. The van der Waals surface area contributed by atoms with E-state index in [1.54, 1.807) is 12.4 Å². The van der Waals surface area contributed by atoms with E-state index in [4.69, 9.17) is 4.74 Å². The maximum absolute atomic E-state index is 11.1. The third-order valence-electron chi connectivity index (χ3n) is 3.98. The zero-order valence-corrected chi connectivity index (χ0v) is 13.3. The van der Waals surface area contributed by atoms with Crippen LogP contribution in [0.25, 0.3) is 0 Å². The van der Waals surface area contributed by atoms with Crippen molar-refractivity contribution in [3.8, 4) is 5.75 Å². The molecule has 2 atom stereocenters. The van der Waals surface area contributed by atoms with Crippen molar-refractivity contribution in [2.75, 3.05) is 0 Å². The van der Waals surface area contributed by atoms with Crippen LogP contribution in [0.5, 0.6) is 5.75 Å². The lowest BCUT2D eigenvalue weighted by molar-refractivity contribution is -0.0639. The highest BCUT2D eigenvalue weighted by atomic mass is 16.5. The van der Waals surface area contributed by atoms with E-state index >= 15 is 0 Å². The number of hydrogen-bond donors (Lipinski definition) is 1. The zero-order valence-electron chi connectivity index (χ0n) is 13.3. The zero-order chi connectivity index (χ0) is 15.0. The summed E-state index contributed by atoms with van der Waals surface area (Å²) in [6, 6.07) is 1.95. The van der Waals surface area contributed by atoms with Gasteiger partial charge in [0.1, 0.15) is 5.75 Å². The van der Waals surface area contributed by atoms with Gasteiger partial charge in [0.15, 0.2) is 0 Å². The largest absolute Gasteiger partial charge is 0.489 e. The van der Waals surface area contributed by atoms with Crippen LogP contribution in [0, 0.1) is 11.3 Å². The van der Waals surface area contributed by atoms with Crippen LogP contribution in [0.3, 0.4) is 0 Å². The summed E-state index contributed by atoms with van der Waals surface area (Å²) in [5, 5.41) is 11.1. The van der Waals surface area contributed by atoms with E-state index < -0.39 is 5.60 Å². The van der Waals surface area contributed by atoms with E-state index in [0.29, 0.717) is 5.92 Å². The lowest BCUT2D eigenvalue weighted by Gasteiger charge is -2.44. The monoisotopic (exact) mass is 277 g/mol. The molecule has 0 amide bonds. The molecule has 0 aromatic carbocycles. The first-order chi connectivity index (χ1) is 9.20. The van der Waals surface area contributed by atoms with E-state index in [0.717, 1.165) is 30.6 Å². The van der Waals surface area contributed by atoms with Crippen LogP contribution in [-0.4, -0.2) is 16.2 Å². The van der Waals surface area contributed by atoms with Crippen LogP contribution in [0.2, 0.25) is 0 Å².